The van der Waals surface area contributed by atoms with Crippen molar-refractivity contribution in [3.63, 3.8) is 0 Å². The van der Waals surface area contributed by atoms with Gasteiger partial charge < -0.3 is 14.8 Å². The zero-order valence-electron chi connectivity index (χ0n) is 13.1. The van der Waals surface area contributed by atoms with E-state index in [4.69, 9.17) is 9.52 Å². The second-order valence-electron chi connectivity index (χ2n) is 5.15. The van der Waals surface area contributed by atoms with Crippen LogP contribution < -0.4 is 10.9 Å². The molecule has 2 rings (SSSR count). The minimum Gasteiger partial charge on any atom is -0.480 e. The number of amides is 1. The van der Waals surface area contributed by atoms with E-state index in [1.807, 2.05) is 6.92 Å². The van der Waals surface area contributed by atoms with Gasteiger partial charge in [0, 0.05) is 6.42 Å². The number of carbonyl (C=O) groups excluding carboxylic acids is 1. The molecule has 1 amide bonds. The monoisotopic (exact) mass is 338 g/mol. The second kappa shape index (κ2) is 6.91. The van der Waals surface area contributed by atoms with Crippen LogP contribution in [0.15, 0.2) is 9.21 Å². The molecule has 2 heterocycles. The summed E-state index contributed by atoms with van der Waals surface area (Å²) in [4.78, 5) is 40.4. The molecule has 0 fully saturated rings. The average Bonchev–Trinajstić information content (AvgIpc) is 2.82. The molecule has 0 saturated heterocycles. The van der Waals surface area contributed by atoms with E-state index in [2.05, 4.69) is 10.3 Å². The molecule has 0 radical (unpaired) electrons. The van der Waals surface area contributed by atoms with Gasteiger partial charge in [-0.3, -0.25) is 4.79 Å². The number of hydrogen-bond donors (Lipinski definition) is 2. The van der Waals surface area contributed by atoms with Gasteiger partial charge in [-0.15, -0.1) is 11.3 Å². The molecule has 0 aliphatic rings. The Morgan fingerprint density at radius 2 is 2.09 bits per heavy atom. The number of carbonyl (C=O) groups is 2. The van der Waals surface area contributed by atoms with Crippen LogP contribution in [0.2, 0.25) is 0 Å². The summed E-state index contributed by atoms with van der Waals surface area (Å²) in [5.41, 5.74) is -0.0523. The van der Waals surface area contributed by atoms with Crippen molar-refractivity contribution in [2.45, 2.75) is 46.1 Å². The first-order valence-electron chi connectivity index (χ1n) is 7.35. The summed E-state index contributed by atoms with van der Waals surface area (Å²) in [5, 5.41) is 11.8. The minimum absolute atomic E-state index is 0.270. The van der Waals surface area contributed by atoms with Crippen molar-refractivity contribution >= 4 is 33.4 Å². The number of rotatable bonds is 6. The van der Waals surface area contributed by atoms with E-state index in [1.54, 1.807) is 13.8 Å². The molecule has 2 aromatic heterocycles. The van der Waals surface area contributed by atoms with Crippen molar-refractivity contribution < 1.29 is 19.1 Å². The third-order valence-electron chi connectivity index (χ3n) is 3.45. The number of hydrogen-bond acceptors (Lipinski definition) is 6. The van der Waals surface area contributed by atoms with E-state index < -0.39 is 23.5 Å². The van der Waals surface area contributed by atoms with Gasteiger partial charge in [0.1, 0.15) is 16.3 Å². The zero-order chi connectivity index (χ0) is 17.1. The number of thiophene rings is 1. The first-order valence-corrected chi connectivity index (χ1v) is 8.17. The molecule has 0 bridgehead atoms. The molecular formula is C15H18N2O5S. The van der Waals surface area contributed by atoms with Gasteiger partial charge in [0.05, 0.1) is 4.88 Å². The quantitative estimate of drug-likeness (QED) is 0.835. The first kappa shape index (κ1) is 17.1. The highest BCUT2D eigenvalue weighted by Crippen LogP contribution is 2.27. The van der Waals surface area contributed by atoms with E-state index in [1.165, 1.54) is 0 Å². The van der Waals surface area contributed by atoms with Gasteiger partial charge in [0.15, 0.2) is 5.89 Å². The Hall–Kier alpha value is -2.22. The topological polar surface area (TPSA) is 110 Å². The summed E-state index contributed by atoms with van der Waals surface area (Å²) in [6, 6.07) is -0.966. The Bertz CT molecular complexity index is 808. The fourth-order valence-electron chi connectivity index (χ4n) is 2.21. The average molecular weight is 338 g/mol. The smallest absolute Gasteiger partial charge is 0.348 e. The van der Waals surface area contributed by atoms with E-state index in [0.29, 0.717) is 22.7 Å². The Labute approximate surface area is 136 Å². The predicted molar refractivity (Wildman–Crippen MR) is 86.1 cm³/mol. The highest BCUT2D eigenvalue weighted by Gasteiger charge is 2.24. The summed E-state index contributed by atoms with van der Waals surface area (Å²) in [6.07, 6.45) is 1.60. The summed E-state index contributed by atoms with van der Waals surface area (Å²) in [5.74, 6) is -1.27. The number of aliphatic carboxylic acids is 1. The maximum absolute atomic E-state index is 12.3. The summed E-state index contributed by atoms with van der Waals surface area (Å²) in [7, 11) is 0. The largest absolute Gasteiger partial charge is 0.480 e. The molecule has 0 spiro atoms. The van der Waals surface area contributed by atoms with Gasteiger partial charge in [0.2, 0.25) is 0 Å². The summed E-state index contributed by atoms with van der Waals surface area (Å²) in [6.45, 7) is 5.25. The minimum atomic E-state index is -1.09. The van der Waals surface area contributed by atoms with Crippen molar-refractivity contribution in [2.24, 2.45) is 0 Å². The molecule has 0 aromatic carbocycles. The van der Waals surface area contributed by atoms with Crippen LogP contribution in [0.25, 0.3) is 10.2 Å². The molecule has 0 saturated carbocycles. The lowest BCUT2D eigenvalue weighted by Gasteiger charge is -2.11. The number of fused-ring (bicyclic) bond motifs is 1. The maximum atomic E-state index is 12.3. The van der Waals surface area contributed by atoms with Crippen LogP contribution >= 0.6 is 11.3 Å². The Balaban J connectivity index is 2.44. The zero-order valence-corrected chi connectivity index (χ0v) is 14.0. The van der Waals surface area contributed by atoms with Crippen molar-refractivity contribution in [3.05, 3.63) is 26.8 Å². The third kappa shape index (κ3) is 3.42. The molecule has 7 nitrogen and oxygen atoms in total. The molecule has 1 unspecified atom stereocenters. The Morgan fingerprint density at radius 1 is 1.39 bits per heavy atom. The Morgan fingerprint density at radius 3 is 2.65 bits per heavy atom. The van der Waals surface area contributed by atoms with Crippen LogP contribution in [0, 0.1) is 6.92 Å². The second-order valence-corrected chi connectivity index (χ2v) is 6.15. The highest BCUT2D eigenvalue weighted by atomic mass is 32.1. The number of nitrogens with zero attached hydrogens (tertiary/aromatic N) is 1. The summed E-state index contributed by atoms with van der Waals surface area (Å²) < 4.78 is 5.16. The molecule has 2 N–H and O–H groups in total. The van der Waals surface area contributed by atoms with Crippen molar-refractivity contribution in [1.29, 1.82) is 0 Å². The first-order chi connectivity index (χ1) is 10.9. The molecule has 8 heteroatoms. The number of aryl methyl sites for hydroxylation is 2. The molecule has 1 atom stereocenters. The maximum Gasteiger partial charge on any atom is 0.348 e. The van der Waals surface area contributed by atoms with E-state index >= 15 is 0 Å². The van der Waals surface area contributed by atoms with Crippen molar-refractivity contribution in [3.8, 4) is 0 Å². The standard InChI is InChI=1S/C15H18N2O5S/c1-4-6-9-17-13-10(15(21)22-9)7(3)11(23-13)12(18)16-8(5-2)14(19)20/h8H,4-6H2,1-3H3,(H,16,18)(H,19,20). The van der Waals surface area contributed by atoms with Crippen LogP contribution in [-0.2, 0) is 11.2 Å². The highest BCUT2D eigenvalue weighted by molar-refractivity contribution is 7.20. The van der Waals surface area contributed by atoms with Gasteiger partial charge in [-0.1, -0.05) is 13.8 Å². The SMILES string of the molecule is CCCc1nc2sc(C(=O)NC(CC)C(=O)O)c(C)c2c(=O)o1. The van der Waals surface area contributed by atoms with Crippen LogP contribution in [0.5, 0.6) is 0 Å². The lowest BCUT2D eigenvalue weighted by molar-refractivity contribution is -0.139. The lowest BCUT2D eigenvalue weighted by atomic mass is 10.2. The van der Waals surface area contributed by atoms with Crippen molar-refractivity contribution in [1.82, 2.24) is 10.3 Å². The number of aromatic nitrogens is 1. The summed E-state index contributed by atoms with van der Waals surface area (Å²) >= 11 is 1.07. The fraction of sp³-hybridized carbons (Fsp3) is 0.467. The van der Waals surface area contributed by atoms with Crippen LogP contribution in [0.4, 0.5) is 0 Å². The van der Waals surface area contributed by atoms with Crippen molar-refractivity contribution in [2.75, 3.05) is 0 Å². The van der Waals surface area contributed by atoms with E-state index in [-0.39, 0.29) is 16.7 Å². The van der Waals surface area contributed by atoms with Gasteiger partial charge in [0.25, 0.3) is 5.91 Å². The molecule has 2 aromatic rings. The van der Waals surface area contributed by atoms with E-state index in [0.717, 1.165) is 17.8 Å². The van der Waals surface area contributed by atoms with Crippen LogP contribution in [0.3, 0.4) is 0 Å². The Kier molecular flexibility index (Phi) is 5.15. The lowest BCUT2D eigenvalue weighted by Crippen LogP contribution is -2.40. The third-order valence-corrected chi connectivity index (χ3v) is 4.64. The van der Waals surface area contributed by atoms with Crippen LogP contribution in [0.1, 0.15) is 47.8 Å². The predicted octanol–water partition coefficient (Wildman–Crippen LogP) is 2.10. The van der Waals surface area contributed by atoms with Gasteiger partial charge in [-0.2, -0.15) is 0 Å². The fourth-order valence-corrected chi connectivity index (χ4v) is 3.30. The molecule has 0 aliphatic heterocycles. The van der Waals surface area contributed by atoms with Gasteiger partial charge in [-0.25, -0.2) is 14.6 Å². The number of nitrogens with one attached hydrogen (secondary N) is 1. The molecule has 0 aliphatic carbocycles. The molecule has 23 heavy (non-hydrogen) atoms. The van der Waals surface area contributed by atoms with Gasteiger partial charge in [-0.05, 0) is 25.3 Å². The normalized spacial score (nSPS) is 12.3. The number of carboxylic acids is 1. The van der Waals surface area contributed by atoms with E-state index in [9.17, 15) is 14.4 Å². The number of carboxylic acid groups (broad SMARTS) is 1. The van der Waals surface area contributed by atoms with Crippen LogP contribution in [-0.4, -0.2) is 28.0 Å². The van der Waals surface area contributed by atoms with Gasteiger partial charge >= 0.3 is 11.6 Å². The molecular weight excluding hydrogens is 320 g/mol. The molecule has 124 valence electrons.